The quantitative estimate of drug-likeness (QED) is 0.497. The number of nitrogens with zero attached hydrogens (tertiary/aromatic N) is 1. The van der Waals surface area contributed by atoms with Crippen molar-refractivity contribution in [2.24, 2.45) is 0 Å². The van der Waals surface area contributed by atoms with Crippen LogP contribution in [0.4, 0.5) is 4.79 Å². The van der Waals surface area contributed by atoms with E-state index in [-0.39, 0.29) is 17.5 Å². The van der Waals surface area contributed by atoms with Gasteiger partial charge in [-0.15, -0.1) is 0 Å². The average molecular weight is 514 g/mol. The van der Waals surface area contributed by atoms with Crippen LogP contribution in [0.5, 0.6) is 0 Å². The summed E-state index contributed by atoms with van der Waals surface area (Å²) >= 11 is 6.07. The molecule has 2 aromatic rings. The summed E-state index contributed by atoms with van der Waals surface area (Å²) < 4.78 is 5.42. The molecule has 0 aromatic heterocycles. The zero-order chi connectivity index (χ0) is 26.3. The Balaban J connectivity index is 1.64. The molecule has 1 aliphatic carbocycles. The maximum Gasteiger partial charge on any atom is 0.408 e. The third-order valence-corrected chi connectivity index (χ3v) is 7.20. The largest absolute Gasteiger partial charge is 0.444 e. The number of benzene rings is 2. The van der Waals surface area contributed by atoms with E-state index in [0.717, 1.165) is 42.7 Å². The molecular formula is C29H40ClN3O3. The van der Waals surface area contributed by atoms with E-state index < -0.39 is 17.7 Å². The van der Waals surface area contributed by atoms with Crippen LogP contribution < -0.4 is 10.6 Å². The Labute approximate surface area is 220 Å². The summed E-state index contributed by atoms with van der Waals surface area (Å²) in [6.45, 7) is 5.42. The Kier molecular flexibility index (Phi) is 9.42. The van der Waals surface area contributed by atoms with Crippen molar-refractivity contribution < 1.29 is 14.3 Å². The zero-order valence-corrected chi connectivity index (χ0v) is 22.9. The van der Waals surface area contributed by atoms with Crippen molar-refractivity contribution in [3.8, 4) is 0 Å². The SMILES string of the molecule is CN(C)C1(Cc2ccc(Cl)cc2)CCC(NC(=O)C(Cc2ccccc2)NC(=O)OC(C)(C)C)CC1. The molecule has 1 saturated carbocycles. The van der Waals surface area contributed by atoms with Gasteiger partial charge in [-0.25, -0.2) is 4.79 Å². The van der Waals surface area contributed by atoms with Gasteiger partial charge in [0.2, 0.25) is 5.91 Å². The van der Waals surface area contributed by atoms with Crippen molar-refractivity contribution in [3.05, 3.63) is 70.7 Å². The lowest BCUT2D eigenvalue weighted by Gasteiger charge is -2.45. The van der Waals surface area contributed by atoms with E-state index >= 15 is 0 Å². The standard InChI is InChI=1S/C29H40ClN3O3/c1-28(2,3)36-27(35)32-25(19-21-9-7-6-8-10-21)26(34)31-24-15-17-29(18-16-24,33(4)5)20-22-11-13-23(30)14-12-22/h6-14,24-25H,15-20H2,1-5H3,(H,31,34)(H,32,35). The van der Waals surface area contributed by atoms with Crippen LogP contribution in [-0.4, -0.2) is 54.2 Å². The van der Waals surface area contributed by atoms with E-state index in [9.17, 15) is 9.59 Å². The molecule has 1 aliphatic rings. The first kappa shape index (κ1) is 28.0. The highest BCUT2D eigenvalue weighted by molar-refractivity contribution is 6.30. The molecule has 0 aliphatic heterocycles. The van der Waals surface area contributed by atoms with Gasteiger partial charge in [-0.2, -0.15) is 0 Å². The smallest absolute Gasteiger partial charge is 0.408 e. The minimum absolute atomic E-state index is 0.0350. The molecule has 3 rings (SSSR count). The number of nitrogens with one attached hydrogen (secondary N) is 2. The Bertz CT molecular complexity index is 995. The summed E-state index contributed by atoms with van der Waals surface area (Å²) in [5.41, 5.74) is 1.64. The molecule has 7 heteroatoms. The predicted molar refractivity (Wildman–Crippen MR) is 145 cm³/mol. The Morgan fingerprint density at radius 1 is 1.03 bits per heavy atom. The fraction of sp³-hybridized carbons (Fsp3) is 0.517. The summed E-state index contributed by atoms with van der Waals surface area (Å²) in [5.74, 6) is -0.176. The molecule has 2 aromatic carbocycles. The second-order valence-electron chi connectivity index (χ2n) is 11.1. The Morgan fingerprint density at radius 3 is 2.19 bits per heavy atom. The number of carbonyl (C=O) groups is 2. The van der Waals surface area contributed by atoms with Crippen LogP contribution >= 0.6 is 11.6 Å². The minimum Gasteiger partial charge on any atom is -0.444 e. The van der Waals surface area contributed by atoms with Crippen molar-refractivity contribution in [2.75, 3.05) is 14.1 Å². The topological polar surface area (TPSA) is 70.7 Å². The van der Waals surface area contributed by atoms with E-state index in [1.165, 1.54) is 5.56 Å². The number of alkyl carbamates (subject to hydrolysis) is 1. The summed E-state index contributed by atoms with van der Waals surface area (Å²) in [6.07, 6.45) is 4.44. The van der Waals surface area contributed by atoms with Crippen molar-refractivity contribution >= 4 is 23.6 Å². The van der Waals surface area contributed by atoms with Crippen LogP contribution in [0.15, 0.2) is 54.6 Å². The molecule has 196 valence electrons. The molecule has 6 nitrogen and oxygen atoms in total. The number of rotatable bonds is 8. The Morgan fingerprint density at radius 2 is 1.64 bits per heavy atom. The van der Waals surface area contributed by atoms with Crippen molar-refractivity contribution in [1.29, 1.82) is 0 Å². The molecule has 1 unspecified atom stereocenters. The van der Waals surface area contributed by atoms with Gasteiger partial charge in [0.05, 0.1) is 0 Å². The van der Waals surface area contributed by atoms with Crippen molar-refractivity contribution in [1.82, 2.24) is 15.5 Å². The van der Waals surface area contributed by atoms with Gasteiger partial charge < -0.3 is 20.3 Å². The molecule has 0 bridgehead atoms. The van der Waals surface area contributed by atoms with Gasteiger partial charge in [0.1, 0.15) is 11.6 Å². The van der Waals surface area contributed by atoms with Crippen LogP contribution in [0.3, 0.4) is 0 Å². The summed E-state index contributed by atoms with van der Waals surface area (Å²) in [7, 11) is 4.27. The maximum atomic E-state index is 13.3. The van der Waals surface area contributed by atoms with Gasteiger partial charge in [-0.3, -0.25) is 4.79 Å². The van der Waals surface area contributed by atoms with Crippen LogP contribution in [0.2, 0.25) is 5.02 Å². The molecule has 36 heavy (non-hydrogen) atoms. The number of hydrogen-bond acceptors (Lipinski definition) is 4. The average Bonchev–Trinajstić information content (AvgIpc) is 2.81. The lowest BCUT2D eigenvalue weighted by atomic mass is 9.74. The van der Waals surface area contributed by atoms with Crippen LogP contribution in [0, 0.1) is 0 Å². The first-order chi connectivity index (χ1) is 17.0. The molecule has 0 radical (unpaired) electrons. The molecule has 0 heterocycles. The van der Waals surface area contributed by atoms with Gasteiger partial charge in [0.15, 0.2) is 0 Å². The number of hydrogen-bond donors (Lipinski definition) is 2. The molecular weight excluding hydrogens is 474 g/mol. The van der Waals surface area contributed by atoms with Crippen molar-refractivity contribution in [2.45, 2.75) is 82.5 Å². The number of ether oxygens (including phenoxy) is 1. The maximum absolute atomic E-state index is 13.3. The highest BCUT2D eigenvalue weighted by Gasteiger charge is 2.38. The number of amides is 2. The lowest BCUT2D eigenvalue weighted by Crippen LogP contribution is -2.55. The molecule has 2 amide bonds. The second kappa shape index (κ2) is 12.1. The fourth-order valence-electron chi connectivity index (χ4n) is 4.87. The third-order valence-electron chi connectivity index (χ3n) is 6.95. The summed E-state index contributed by atoms with van der Waals surface area (Å²) in [4.78, 5) is 28.1. The number of likely N-dealkylation sites (N-methyl/N-ethyl adjacent to an activating group) is 1. The van der Waals surface area contributed by atoms with Gasteiger partial charge in [-0.1, -0.05) is 54.1 Å². The van der Waals surface area contributed by atoms with Crippen LogP contribution in [0.25, 0.3) is 0 Å². The highest BCUT2D eigenvalue weighted by Crippen LogP contribution is 2.35. The van der Waals surface area contributed by atoms with Crippen LogP contribution in [-0.2, 0) is 22.4 Å². The normalized spacial score (nSPS) is 21.0. The van der Waals surface area contributed by atoms with E-state index in [0.29, 0.717) is 6.42 Å². The molecule has 0 spiro atoms. The first-order valence-corrected chi connectivity index (χ1v) is 13.1. The van der Waals surface area contributed by atoms with E-state index in [2.05, 4.69) is 41.8 Å². The molecule has 1 atom stereocenters. The molecule has 2 N–H and O–H groups in total. The minimum atomic E-state index is -0.711. The first-order valence-electron chi connectivity index (χ1n) is 12.7. The molecule has 1 fully saturated rings. The van der Waals surface area contributed by atoms with Crippen LogP contribution in [0.1, 0.15) is 57.6 Å². The lowest BCUT2D eigenvalue weighted by molar-refractivity contribution is -0.124. The van der Waals surface area contributed by atoms with Crippen molar-refractivity contribution in [3.63, 3.8) is 0 Å². The summed E-state index contributed by atoms with van der Waals surface area (Å²) in [5, 5.41) is 6.75. The number of carbonyl (C=O) groups excluding carboxylic acids is 2. The number of halogens is 1. The molecule has 0 saturated heterocycles. The summed E-state index contributed by atoms with van der Waals surface area (Å²) in [6, 6.07) is 17.1. The predicted octanol–water partition coefficient (Wildman–Crippen LogP) is 5.38. The third kappa shape index (κ3) is 8.24. The van der Waals surface area contributed by atoms with Gasteiger partial charge >= 0.3 is 6.09 Å². The fourth-order valence-corrected chi connectivity index (χ4v) is 5.00. The second-order valence-corrected chi connectivity index (χ2v) is 11.5. The van der Waals surface area contributed by atoms with E-state index in [1.54, 1.807) is 0 Å². The highest BCUT2D eigenvalue weighted by atomic mass is 35.5. The van der Waals surface area contributed by atoms with E-state index in [4.69, 9.17) is 16.3 Å². The monoisotopic (exact) mass is 513 g/mol. The van der Waals surface area contributed by atoms with Gasteiger partial charge in [0, 0.05) is 23.0 Å². The van der Waals surface area contributed by atoms with Gasteiger partial charge in [-0.05, 0) is 90.2 Å². The van der Waals surface area contributed by atoms with Gasteiger partial charge in [0.25, 0.3) is 0 Å². The zero-order valence-electron chi connectivity index (χ0n) is 22.1. The van der Waals surface area contributed by atoms with E-state index in [1.807, 2.05) is 63.2 Å². The Hall–Kier alpha value is -2.57.